The molecule has 4 rings (SSSR count). The molecule has 1 N–H and O–H groups in total. The summed E-state index contributed by atoms with van der Waals surface area (Å²) in [5.41, 5.74) is 1.86. The van der Waals surface area contributed by atoms with Crippen molar-refractivity contribution in [3.8, 4) is 5.75 Å². The number of anilines is 2. The first-order valence-electron chi connectivity index (χ1n) is 10.5. The number of carbonyl (C=O) groups is 1. The molecular formula is C24H23ClN4O5S. The normalized spacial score (nSPS) is 11.4. The molecule has 0 bridgehead atoms. The van der Waals surface area contributed by atoms with Gasteiger partial charge in [-0.2, -0.15) is 0 Å². The van der Waals surface area contributed by atoms with Gasteiger partial charge in [0, 0.05) is 24.8 Å². The van der Waals surface area contributed by atoms with E-state index in [4.69, 9.17) is 16.3 Å². The van der Waals surface area contributed by atoms with Gasteiger partial charge in [-0.3, -0.25) is 18.2 Å². The Morgan fingerprint density at radius 1 is 0.971 bits per heavy atom. The number of nitrogens with zero attached hydrogens (tertiary/aromatic N) is 3. The highest BCUT2D eigenvalue weighted by atomic mass is 35.5. The maximum Gasteiger partial charge on any atom is 0.328 e. The number of benzene rings is 3. The molecule has 0 unspecified atom stereocenters. The number of aromatic nitrogens is 2. The number of ether oxygens (including phenoxy) is 1. The predicted molar refractivity (Wildman–Crippen MR) is 136 cm³/mol. The molecule has 0 radical (unpaired) electrons. The number of fused-ring (bicyclic) bond motifs is 1. The Bertz CT molecular complexity index is 1560. The fourth-order valence-electron chi connectivity index (χ4n) is 3.71. The Morgan fingerprint density at radius 3 is 2.23 bits per heavy atom. The molecule has 9 nitrogen and oxygen atoms in total. The highest BCUT2D eigenvalue weighted by Crippen LogP contribution is 2.27. The van der Waals surface area contributed by atoms with Gasteiger partial charge in [-0.25, -0.2) is 13.2 Å². The Hall–Kier alpha value is -3.76. The lowest BCUT2D eigenvalue weighted by Crippen LogP contribution is -2.38. The molecule has 0 spiro atoms. The second-order valence-electron chi connectivity index (χ2n) is 7.82. The molecule has 3 aromatic carbocycles. The lowest BCUT2D eigenvalue weighted by atomic mass is 10.2. The van der Waals surface area contributed by atoms with Crippen molar-refractivity contribution < 1.29 is 17.9 Å². The summed E-state index contributed by atoms with van der Waals surface area (Å²) in [4.78, 5) is 25.2. The van der Waals surface area contributed by atoms with Gasteiger partial charge >= 0.3 is 5.69 Å². The fraction of sp³-hybridized carbons (Fsp3) is 0.167. The summed E-state index contributed by atoms with van der Waals surface area (Å²) in [5.74, 6) is -0.0530. The van der Waals surface area contributed by atoms with Crippen LogP contribution in [0.3, 0.4) is 0 Å². The number of hydrogen-bond acceptors (Lipinski definition) is 5. The van der Waals surface area contributed by atoms with Crippen LogP contribution < -0.4 is 20.0 Å². The lowest BCUT2D eigenvalue weighted by Gasteiger charge is -2.24. The van der Waals surface area contributed by atoms with Crippen molar-refractivity contribution in [2.24, 2.45) is 14.1 Å². The third-order valence-corrected chi connectivity index (χ3v) is 7.65. The van der Waals surface area contributed by atoms with Crippen molar-refractivity contribution >= 4 is 49.9 Å². The molecule has 4 aromatic rings. The van der Waals surface area contributed by atoms with E-state index in [1.54, 1.807) is 44.4 Å². The van der Waals surface area contributed by atoms with Crippen LogP contribution in [0.25, 0.3) is 11.0 Å². The van der Waals surface area contributed by atoms with Crippen LogP contribution in [0.15, 0.2) is 76.4 Å². The first kappa shape index (κ1) is 24.4. The van der Waals surface area contributed by atoms with Crippen molar-refractivity contribution in [1.82, 2.24) is 9.13 Å². The molecule has 35 heavy (non-hydrogen) atoms. The molecule has 1 amide bonds. The molecule has 0 aliphatic heterocycles. The maximum absolute atomic E-state index is 13.5. The number of hydrogen-bond donors (Lipinski definition) is 1. The number of methoxy groups -OCH3 is 1. The molecule has 0 aliphatic rings. The number of aryl methyl sites for hydroxylation is 2. The van der Waals surface area contributed by atoms with Gasteiger partial charge in [0.05, 0.1) is 28.7 Å². The van der Waals surface area contributed by atoms with E-state index in [0.717, 1.165) is 4.31 Å². The van der Waals surface area contributed by atoms with E-state index in [-0.39, 0.29) is 16.3 Å². The van der Waals surface area contributed by atoms with E-state index < -0.39 is 22.5 Å². The van der Waals surface area contributed by atoms with Gasteiger partial charge in [0.15, 0.2) is 0 Å². The van der Waals surface area contributed by atoms with Crippen molar-refractivity contribution in [1.29, 1.82) is 0 Å². The highest BCUT2D eigenvalue weighted by molar-refractivity contribution is 7.92. The van der Waals surface area contributed by atoms with E-state index in [1.165, 1.54) is 52.6 Å². The van der Waals surface area contributed by atoms with Crippen molar-refractivity contribution in [2.45, 2.75) is 4.90 Å². The second-order valence-corrected chi connectivity index (χ2v) is 10.1. The van der Waals surface area contributed by atoms with Gasteiger partial charge in [0.1, 0.15) is 12.3 Å². The van der Waals surface area contributed by atoms with Gasteiger partial charge in [-0.1, -0.05) is 11.6 Å². The van der Waals surface area contributed by atoms with E-state index in [0.29, 0.717) is 27.5 Å². The molecule has 0 saturated carbocycles. The highest BCUT2D eigenvalue weighted by Gasteiger charge is 2.27. The van der Waals surface area contributed by atoms with Crippen LogP contribution in [0.2, 0.25) is 5.02 Å². The summed E-state index contributed by atoms with van der Waals surface area (Å²) in [5, 5.41) is 3.16. The fourth-order valence-corrected chi connectivity index (χ4v) is 5.26. The Morgan fingerprint density at radius 2 is 1.60 bits per heavy atom. The van der Waals surface area contributed by atoms with Crippen molar-refractivity contribution in [3.05, 3.63) is 82.2 Å². The van der Waals surface area contributed by atoms with Crippen LogP contribution in [-0.4, -0.2) is 37.1 Å². The van der Waals surface area contributed by atoms with Gasteiger partial charge in [-0.15, -0.1) is 0 Å². The number of halogens is 1. The maximum atomic E-state index is 13.5. The molecular weight excluding hydrogens is 492 g/mol. The van der Waals surface area contributed by atoms with Gasteiger partial charge in [-0.05, 0) is 66.7 Å². The van der Waals surface area contributed by atoms with E-state index >= 15 is 0 Å². The van der Waals surface area contributed by atoms with Gasteiger partial charge in [0.25, 0.3) is 10.0 Å². The number of amides is 1. The first-order chi connectivity index (χ1) is 16.6. The molecule has 182 valence electrons. The number of rotatable bonds is 7. The minimum atomic E-state index is -4.10. The summed E-state index contributed by atoms with van der Waals surface area (Å²) >= 11 is 5.98. The van der Waals surface area contributed by atoms with Crippen LogP contribution in [0, 0.1) is 0 Å². The monoisotopic (exact) mass is 514 g/mol. The zero-order chi connectivity index (χ0) is 25.3. The van der Waals surface area contributed by atoms with E-state index in [2.05, 4.69) is 5.32 Å². The number of imidazole rings is 1. The van der Waals surface area contributed by atoms with Crippen molar-refractivity contribution in [2.75, 3.05) is 23.3 Å². The smallest absolute Gasteiger partial charge is 0.328 e. The molecule has 11 heteroatoms. The lowest BCUT2D eigenvalue weighted by molar-refractivity contribution is -0.114. The molecule has 1 heterocycles. The minimum Gasteiger partial charge on any atom is -0.497 e. The first-order valence-corrected chi connectivity index (χ1v) is 12.3. The number of sulfonamides is 1. The third-order valence-electron chi connectivity index (χ3n) is 5.60. The van der Waals surface area contributed by atoms with Crippen molar-refractivity contribution in [3.63, 3.8) is 0 Å². The molecule has 0 atom stereocenters. The Kier molecular flexibility index (Phi) is 6.60. The van der Waals surface area contributed by atoms with E-state index in [1.807, 2.05) is 0 Å². The Labute approximate surface area is 207 Å². The summed E-state index contributed by atoms with van der Waals surface area (Å²) in [6.07, 6.45) is 0. The minimum absolute atomic E-state index is 0.00163. The predicted octanol–water partition coefficient (Wildman–Crippen LogP) is 3.37. The summed E-state index contributed by atoms with van der Waals surface area (Å²) < 4.78 is 36.1. The Balaban J connectivity index is 1.66. The average molecular weight is 515 g/mol. The van der Waals surface area contributed by atoms with Gasteiger partial charge in [0.2, 0.25) is 5.91 Å². The zero-order valence-corrected chi connectivity index (χ0v) is 20.8. The summed E-state index contributed by atoms with van der Waals surface area (Å²) in [7, 11) is 0.689. The molecule has 0 saturated heterocycles. The van der Waals surface area contributed by atoms with E-state index in [9.17, 15) is 18.0 Å². The molecule has 1 aromatic heterocycles. The number of carbonyl (C=O) groups excluding carboxylic acids is 1. The summed E-state index contributed by atoms with van der Waals surface area (Å²) in [6.45, 7) is -0.484. The SMILES string of the molecule is COc1ccc(S(=O)(=O)N(CC(=O)Nc2ccc3c(c2)n(C)c(=O)n3C)c2ccc(Cl)cc2)cc1. The second kappa shape index (κ2) is 9.47. The van der Waals surface area contributed by atoms with Crippen LogP contribution in [-0.2, 0) is 28.9 Å². The molecule has 0 fully saturated rings. The van der Waals surface area contributed by atoms with Crippen LogP contribution in [0.4, 0.5) is 11.4 Å². The van der Waals surface area contributed by atoms with Crippen LogP contribution >= 0.6 is 11.6 Å². The topological polar surface area (TPSA) is 103 Å². The standard InChI is InChI=1S/C24H23ClN4O5S/c1-27-21-13-6-17(14-22(21)28(2)24(27)31)26-23(30)15-29(18-7-4-16(25)5-8-18)35(32,33)20-11-9-19(34-3)10-12-20/h4-14H,15H2,1-3H3,(H,26,30). The van der Waals surface area contributed by atoms with Crippen LogP contribution in [0.5, 0.6) is 5.75 Å². The van der Waals surface area contributed by atoms with Gasteiger partial charge < -0.3 is 10.1 Å². The quantitative estimate of drug-likeness (QED) is 0.407. The van der Waals surface area contributed by atoms with Crippen LogP contribution in [0.1, 0.15) is 0 Å². The third kappa shape index (κ3) is 4.75. The number of nitrogens with one attached hydrogen (secondary N) is 1. The average Bonchev–Trinajstić information content (AvgIpc) is 3.06. The molecule has 0 aliphatic carbocycles. The largest absolute Gasteiger partial charge is 0.497 e. The summed E-state index contributed by atoms with van der Waals surface area (Å²) in [6, 6.07) is 17.1. The zero-order valence-electron chi connectivity index (χ0n) is 19.2.